The van der Waals surface area contributed by atoms with Crippen LogP contribution in [0.5, 0.6) is 0 Å². The number of ether oxygens (including phenoxy) is 1. The van der Waals surface area contributed by atoms with Crippen LogP contribution < -0.4 is 11.1 Å². The number of amides is 1. The van der Waals surface area contributed by atoms with Crippen LogP contribution in [0.3, 0.4) is 0 Å². The van der Waals surface area contributed by atoms with E-state index in [2.05, 4.69) is 10.2 Å². The molecule has 6 heteroatoms. The van der Waals surface area contributed by atoms with Gasteiger partial charge in [-0.05, 0) is 35.9 Å². The monoisotopic (exact) mass is 341 g/mol. The number of nitrogens with zero attached hydrogens (tertiary/aromatic N) is 1. The minimum Gasteiger partial charge on any atom is -0.387 e. The molecule has 1 unspecified atom stereocenters. The zero-order valence-electron chi connectivity index (χ0n) is 14.0. The third-order valence-corrected chi connectivity index (χ3v) is 4.27. The second-order valence-electron chi connectivity index (χ2n) is 6.12. The molecule has 1 saturated heterocycles. The van der Waals surface area contributed by atoms with E-state index in [1.165, 1.54) is 0 Å². The summed E-state index contributed by atoms with van der Waals surface area (Å²) in [4.78, 5) is 13.4. The molecule has 1 amide bonds. The Morgan fingerprint density at radius 1 is 1.16 bits per heavy atom. The third kappa shape index (κ3) is 4.79. The van der Waals surface area contributed by atoms with Crippen molar-refractivity contribution in [3.63, 3.8) is 0 Å². The number of carbonyl (C=O) groups excluding carboxylic acids is 1. The van der Waals surface area contributed by atoms with E-state index in [0.717, 1.165) is 43.2 Å². The van der Waals surface area contributed by atoms with Gasteiger partial charge in [-0.3, -0.25) is 9.69 Å². The average molecular weight is 341 g/mol. The summed E-state index contributed by atoms with van der Waals surface area (Å²) >= 11 is 0. The number of β-amino-alcohol motifs (C(OH)–C–C–N with tert-alkyl or cyclic N) is 1. The summed E-state index contributed by atoms with van der Waals surface area (Å²) in [5.74, 6) is -0.453. The van der Waals surface area contributed by atoms with Crippen molar-refractivity contribution in [2.75, 3.05) is 38.2 Å². The van der Waals surface area contributed by atoms with Gasteiger partial charge < -0.3 is 20.9 Å². The lowest BCUT2D eigenvalue weighted by Crippen LogP contribution is -2.38. The predicted octanol–water partition coefficient (Wildman–Crippen LogP) is 1.89. The number of aliphatic hydroxyl groups is 1. The van der Waals surface area contributed by atoms with Gasteiger partial charge in [-0.25, -0.2) is 0 Å². The maximum atomic E-state index is 11.2. The first-order valence-corrected chi connectivity index (χ1v) is 8.37. The Morgan fingerprint density at radius 3 is 2.56 bits per heavy atom. The van der Waals surface area contributed by atoms with Crippen molar-refractivity contribution in [1.29, 1.82) is 0 Å². The molecule has 0 aromatic heterocycles. The first kappa shape index (κ1) is 17.4. The molecule has 1 aliphatic heterocycles. The number of rotatable bonds is 6. The molecule has 0 saturated carbocycles. The Bertz CT molecular complexity index is 712. The van der Waals surface area contributed by atoms with Gasteiger partial charge in [0.25, 0.3) is 0 Å². The predicted molar refractivity (Wildman–Crippen MR) is 96.9 cm³/mol. The molecule has 0 bridgehead atoms. The van der Waals surface area contributed by atoms with Crippen molar-refractivity contribution in [3.8, 4) is 0 Å². The summed E-state index contributed by atoms with van der Waals surface area (Å²) in [5.41, 5.74) is 8.31. The van der Waals surface area contributed by atoms with E-state index in [9.17, 15) is 9.90 Å². The van der Waals surface area contributed by atoms with E-state index < -0.39 is 12.0 Å². The summed E-state index contributed by atoms with van der Waals surface area (Å²) in [6.07, 6.45) is -0.523. The fourth-order valence-electron chi connectivity index (χ4n) is 2.84. The normalized spacial score (nSPS) is 16.4. The topological polar surface area (TPSA) is 87.8 Å². The van der Waals surface area contributed by atoms with Gasteiger partial charge in [0.1, 0.15) is 0 Å². The lowest BCUT2D eigenvalue weighted by Gasteiger charge is -2.28. The van der Waals surface area contributed by atoms with Gasteiger partial charge in [-0.1, -0.05) is 18.2 Å². The minimum atomic E-state index is -0.523. The first-order chi connectivity index (χ1) is 12.1. The lowest BCUT2D eigenvalue weighted by atomic mass is 10.1. The van der Waals surface area contributed by atoms with Gasteiger partial charge in [0, 0.05) is 36.6 Å². The molecule has 4 N–H and O–H groups in total. The highest BCUT2D eigenvalue weighted by atomic mass is 16.5. The van der Waals surface area contributed by atoms with Gasteiger partial charge in [-0.2, -0.15) is 0 Å². The summed E-state index contributed by atoms with van der Waals surface area (Å²) in [6.45, 7) is 3.76. The van der Waals surface area contributed by atoms with Gasteiger partial charge in [0.2, 0.25) is 5.91 Å². The van der Waals surface area contributed by atoms with Crippen molar-refractivity contribution in [2.24, 2.45) is 5.73 Å². The Hall–Kier alpha value is -2.41. The van der Waals surface area contributed by atoms with Crippen LogP contribution in [0.2, 0.25) is 0 Å². The van der Waals surface area contributed by atoms with Crippen LogP contribution in [0.25, 0.3) is 0 Å². The SMILES string of the molecule is NC(=O)c1cccc(Nc2ccc(C(O)CN3CCOCC3)cc2)c1. The number of carbonyl (C=O) groups is 1. The van der Waals surface area contributed by atoms with Crippen LogP contribution in [-0.4, -0.2) is 48.8 Å². The van der Waals surface area contributed by atoms with Crippen LogP contribution in [0.1, 0.15) is 22.0 Å². The van der Waals surface area contributed by atoms with Crippen LogP contribution in [-0.2, 0) is 4.74 Å². The number of morpholine rings is 1. The maximum absolute atomic E-state index is 11.2. The fraction of sp³-hybridized carbons (Fsp3) is 0.316. The van der Waals surface area contributed by atoms with Crippen molar-refractivity contribution in [2.45, 2.75) is 6.10 Å². The minimum absolute atomic E-state index is 0.453. The second kappa shape index (κ2) is 8.11. The molecule has 2 aromatic rings. The Morgan fingerprint density at radius 2 is 1.88 bits per heavy atom. The Kier molecular flexibility index (Phi) is 5.65. The van der Waals surface area contributed by atoms with E-state index >= 15 is 0 Å². The maximum Gasteiger partial charge on any atom is 0.248 e. The van der Waals surface area contributed by atoms with Gasteiger partial charge >= 0.3 is 0 Å². The lowest BCUT2D eigenvalue weighted by molar-refractivity contribution is 0.0143. The molecule has 0 spiro atoms. The van der Waals surface area contributed by atoms with E-state index in [0.29, 0.717) is 12.1 Å². The molecular formula is C19H23N3O3. The Balaban J connectivity index is 1.61. The quantitative estimate of drug-likeness (QED) is 0.747. The molecule has 1 heterocycles. The van der Waals surface area contributed by atoms with Gasteiger partial charge in [-0.15, -0.1) is 0 Å². The van der Waals surface area contributed by atoms with Crippen LogP contribution >= 0.6 is 0 Å². The number of aliphatic hydroxyl groups excluding tert-OH is 1. The molecule has 1 aliphatic rings. The van der Waals surface area contributed by atoms with Crippen molar-refractivity contribution in [3.05, 3.63) is 59.7 Å². The summed E-state index contributed by atoms with van der Waals surface area (Å²) < 4.78 is 5.32. The first-order valence-electron chi connectivity index (χ1n) is 8.37. The molecule has 132 valence electrons. The van der Waals surface area contributed by atoms with E-state index in [-0.39, 0.29) is 0 Å². The average Bonchev–Trinajstić information content (AvgIpc) is 2.63. The van der Waals surface area contributed by atoms with Gasteiger partial charge in [0.15, 0.2) is 0 Å². The highest BCUT2D eigenvalue weighted by Crippen LogP contribution is 2.21. The molecule has 1 atom stereocenters. The van der Waals surface area contributed by atoms with E-state index in [1.54, 1.807) is 18.2 Å². The largest absolute Gasteiger partial charge is 0.387 e. The number of nitrogens with two attached hydrogens (primary N) is 1. The van der Waals surface area contributed by atoms with Crippen molar-refractivity contribution < 1.29 is 14.6 Å². The standard InChI is InChI=1S/C19H23N3O3/c20-19(24)15-2-1-3-17(12-15)21-16-6-4-14(5-7-16)18(23)13-22-8-10-25-11-9-22/h1-7,12,18,21,23H,8-11,13H2,(H2,20,24). The fourth-order valence-corrected chi connectivity index (χ4v) is 2.84. The molecule has 25 heavy (non-hydrogen) atoms. The molecular weight excluding hydrogens is 318 g/mol. The highest BCUT2D eigenvalue weighted by molar-refractivity contribution is 5.93. The van der Waals surface area contributed by atoms with Crippen molar-refractivity contribution in [1.82, 2.24) is 4.90 Å². The zero-order valence-corrected chi connectivity index (χ0v) is 14.0. The Labute approximate surface area is 147 Å². The van der Waals surface area contributed by atoms with Crippen LogP contribution in [0.4, 0.5) is 11.4 Å². The summed E-state index contributed by atoms with van der Waals surface area (Å²) in [5, 5.41) is 13.6. The summed E-state index contributed by atoms with van der Waals surface area (Å²) in [7, 11) is 0. The van der Waals surface area contributed by atoms with E-state index in [1.807, 2.05) is 30.3 Å². The number of anilines is 2. The van der Waals surface area contributed by atoms with Gasteiger partial charge in [0.05, 0.1) is 19.3 Å². The summed E-state index contributed by atoms with van der Waals surface area (Å²) in [6, 6.07) is 14.7. The van der Waals surface area contributed by atoms with Crippen LogP contribution in [0, 0.1) is 0 Å². The van der Waals surface area contributed by atoms with E-state index in [4.69, 9.17) is 10.5 Å². The number of hydrogen-bond acceptors (Lipinski definition) is 5. The molecule has 3 rings (SSSR count). The zero-order chi connectivity index (χ0) is 17.6. The molecule has 0 aliphatic carbocycles. The second-order valence-corrected chi connectivity index (χ2v) is 6.12. The third-order valence-electron chi connectivity index (χ3n) is 4.27. The number of nitrogens with one attached hydrogen (secondary N) is 1. The number of primary amides is 1. The number of benzene rings is 2. The van der Waals surface area contributed by atoms with Crippen molar-refractivity contribution >= 4 is 17.3 Å². The number of hydrogen-bond donors (Lipinski definition) is 3. The molecule has 2 aromatic carbocycles. The molecule has 6 nitrogen and oxygen atoms in total. The smallest absolute Gasteiger partial charge is 0.248 e. The van der Waals surface area contributed by atoms with Crippen LogP contribution in [0.15, 0.2) is 48.5 Å². The molecule has 0 radical (unpaired) electrons. The highest BCUT2D eigenvalue weighted by Gasteiger charge is 2.16. The molecule has 1 fully saturated rings.